The summed E-state index contributed by atoms with van der Waals surface area (Å²) >= 11 is 6.70. The maximum Gasteiger partial charge on any atom is 0.395 e. The number of thiol groups is 2. The van der Waals surface area contributed by atoms with E-state index in [-0.39, 0.29) is 9.83 Å². The normalized spacial score (nSPS) is 16.2. The maximum absolute atomic E-state index is 10.6. The van der Waals surface area contributed by atoms with Gasteiger partial charge in [-0.15, -0.1) is 0 Å². The molecule has 0 aromatic heterocycles. The van der Waals surface area contributed by atoms with Crippen LogP contribution in [0, 0.1) is 0 Å². The van der Waals surface area contributed by atoms with Crippen molar-refractivity contribution >= 4 is 54.1 Å². The number of hydrogen-bond acceptors (Lipinski definition) is 5. The standard InChI is InChI=1S/H6O6P2S4/c1-7(2,3)12(10,11-9)8(4,5)6/h9-10H,(H2,1,2,3)(H2,4,5,6). The molecule has 4 N–H and O–H groups in total. The van der Waals surface area contributed by atoms with Crippen molar-refractivity contribution in [2.45, 2.75) is 0 Å². The van der Waals surface area contributed by atoms with Gasteiger partial charge in [0.05, 0.1) is 7.33 Å². The van der Waals surface area contributed by atoms with E-state index in [0.717, 1.165) is 0 Å². The quantitative estimate of drug-likeness (QED) is 0.264. The lowest BCUT2D eigenvalue weighted by Crippen LogP contribution is -1.88. The lowest BCUT2D eigenvalue weighted by molar-refractivity contribution is 0.391. The van der Waals surface area contributed by atoms with Crippen LogP contribution in [0.5, 0.6) is 0 Å². The Morgan fingerprint density at radius 3 is 1.33 bits per heavy atom. The first kappa shape index (κ1) is 13.7. The molecule has 0 aromatic carbocycles. The molecule has 0 radical (unpaired) electrons. The molecule has 76 valence electrons. The van der Waals surface area contributed by atoms with Crippen molar-refractivity contribution in [3.8, 4) is 0 Å². The van der Waals surface area contributed by atoms with E-state index in [2.05, 4.69) is 23.3 Å². The second-order valence-corrected chi connectivity index (χ2v) is 20.5. The first-order valence-electron chi connectivity index (χ1n) is 2.06. The predicted molar refractivity (Wildman–Crippen MR) is 57.2 cm³/mol. The minimum Gasteiger partial charge on any atom is -0.316 e. The van der Waals surface area contributed by atoms with Gasteiger partial charge in [0.25, 0.3) is 0 Å². The Labute approximate surface area is 82.7 Å². The summed E-state index contributed by atoms with van der Waals surface area (Å²) in [5.41, 5.74) is 0. The molecule has 0 saturated heterocycles. The van der Waals surface area contributed by atoms with E-state index in [9.17, 15) is 9.13 Å². The van der Waals surface area contributed by atoms with Gasteiger partial charge in [-0.3, -0.25) is 0 Å². The van der Waals surface area contributed by atoms with Gasteiger partial charge in [0, 0.05) is 0 Å². The maximum atomic E-state index is 10.6. The molecule has 0 rings (SSSR count). The topological polar surface area (TPSA) is 115 Å². The Morgan fingerprint density at radius 2 is 1.33 bits per heavy atom. The van der Waals surface area contributed by atoms with Crippen LogP contribution in [0.1, 0.15) is 0 Å². The van der Waals surface area contributed by atoms with Crippen LogP contribution < -0.4 is 0 Å². The zero-order chi connectivity index (χ0) is 10.2. The van der Waals surface area contributed by atoms with Crippen molar-refractivity contribution in [1.29, 1.82) is 0 Å². The fraction of sp³-hybridized carbons (Fsp3) is 0. The van der Waals surface area contributed by atoms with E-state index >= 15 is 0 Å². The third-order valence-corrected chi connectivity index (χ3v) is 24.8. The number of rotatable bonds is 3. The molecule has 0 spiro atoms. The van der Waals surface area contributed by atoms with E-state index in [0.29, 0.717) is 0 Å². The average Bonchev–Trinajstić information content (AvgIpc) is 1.81. The summed E-state index contributed by atoms with van der Waals surface area (Å²) in [5, 5.41) is 0. The molecule has 0 fully saturated rings. The summed E-state index contributed by atoms with van der Waals surface area (Å²) < 4.78 is 21.2. The monoisotopic (exact) mass is 292 g/mol. The van der Waals surface area contributed by atoms with Crippen molar-refractivity contribution in [2.24, 2.45) is 0 Å². The Bertz CT molecular complexity index is 226. The zero-order valence-electron chi connectivity index (χ0n) is 5.21. The Hall–Kier alpha value is 1.70. The molecule has 12 heavy (non-hydrogen) atoms. The zero-order valence-corrected chi connectivity index (χ0v) is 10.4. The highest BCUT2D eigenvalue weighted by atomic mass is 34.0. The molecule has 12 heteroatoms. The lowest BCUT2D eigenvalue weighted by atomic mass is 15.8. The van der Waals surface area contributed by atoms with E-state index in [4.69, 9.17) is 19.6 Å². The van der Waals surface area contributed by atoms with Crippen molar-refractivity contribution in [3.63, 3.8) is 0 Å². The Balaban J connectivity index is 5.25. The van der Waals surface area contributed by atoms with Crippen molar-refractivity contribution in [3.05, 3.63) is 0 Å². The molecule has 0 aliphatic carbocycles. The summed E-state index contributed by atoms with van der Waals surface area (Å²) in [7, 11) is -3.60. The van der Waals surface area contributed by atoms with Crippen molar-refractivity contribution in [2.75, 3.05) is 0 Å². The van der Waals surface area contributed by atoms with Crippen LogP contribution in [0.2, 0.25) is 0 Å². The summed E-state index contributed by atoms with van der Waals surface area (Å²) in [4.78, 5) is 34.3. The third-order valence-electron chi connectivity index (χ3n) is 0.720. The SMILES string of the molecule is O=P(O)(O)S(S)(SS)P(=O)(O)O. The number of hydrogen-bond donors (Lipinski definition) is 6. The molecule has 0 aromatic rings. The van der Waals surface area contributed by atoms with Crippen LogP contribution in [0.3, 0.4) is 0 Å². The molecule has 0 aliphatic heterocycles. The third kappa shape index (κ3) is 2.60. The van der Waals surface area contributed by atoms with Gasteiger partial charge in [0.15, 0.2) is 0 Å². The average molecular weight is 292 g/mol. The fourth-order valence-corrected chi connectivity index (χ4v) is 10.8. The van der Waals surface area contributed by atoms with E-state index in [1.165, 1.54) is 0 Å². The molecule has 0 bridgehead atoms. The van der Waals surface area contributed by atoms with Crippen molar-refractivity contribution in [1.82, 2.24) is 0 Å². The molecule has 0 heterocycles. The molecular formula is H6O6P2S4. The van der Waals surface area contributed by atoms with Gasteiger partial charge in [-0.05, 0) is 9.83 Å². The highest BCUT2D eigenvalue weighted by Crippen LogP contribution is 3.02. The van der Waals surface area contributed by atoms with E-state index in [1.807, 2.05) is 0 Å². The minimum absolute atomic E-state index is 0.102. The van der Waals surface area contributed by atoms with Crippen LogP contribution in [-0.2, 0) is 9.13 Å². The summed E-state index contributed by atoms with van der Waals surface area (Å²) in [5.74, 6) is 0. The van der Waals surface area contributed by atoms with E-state index < -0.39 is 20.9 Å². The molecule has 6 nitrogen and oxygen atoms in total. The van der Waals surface area contributed by atoms with Gasteiger partial charge >= 0.3 is 13.6 Å². The lowest BCUT2D eigenvalue weighted by Gasteiger charge is -2.31. The molecule has 0 unspecified atom stereocenters. The van der Waals surface area contributed by atoms with Crippen LogP contribution in [0.25, 0.3) is 0 Å². The summed E-state index contributed by atoms with van der Waals surface area (Å²) in [6, 6.07) is 0. The van der Waals surface area contributed by atoms with Crippen LogP contribution >= 0.6 is 54.1 Å². The first-order chi connectivity index (χ1) is 5.06. The van der Waals surface area contributed by atoms with Crippen molar-refractivity contribution < 1.29 is 28.7 Å². The van der Waals surface area contributed by atoms with Crippen LogP contribution in [-0.4, -0.2) is 19.6 Å². The van der Waals surface area contributed by atoms with Gasteiger partial charge < -0.3 is 19.6 Å². The van der Waals surface area contributed by atoms with Gasteiger partial charge in [0.1, 0.15) is 0 Å². The second-order valence-electron chi connectivity index (χ2n) is 1.52. The van der Waals surface area contributed by atoms with Gasteiger partial charge in [-0.2, -0.15) is 0 Å². The molecule has 0 amide bonds. The van der Waals surface area contributed by atoms with E-state index in [1.54, 1.807) is 0 Å². The smallest absolute Gasteiger partial charge is 0.316 e. The Kier molecular flexibility index (Phi) is 4.63. The molecule has 0 saturated carbocycles. The van der Waals surface area contributed by atoms with Gasteiger partial charge in [-0.1, -0.05) is 23.3 Å². The molecule has 0 atom stereocenters. The van der Waals surface area contributed by atoms with Crippen LogP contribution in [0.4, 0.5) is 0 Å². The second kappa shape index (κ2) is 4.06. The summed E-state index contributed by atoms with van der Waals surface area (Å²) in [6.45, 7) is -9.88. The molecule has 0 aliphatic rings. The van der Waals surface area contributed by atoms with Gasteiger partial charge in [-0.25, -0.2) is 9.13 Å². The highest BCUT2D eigenvalue weighted by molar-refractivity contribution is 9.60. The largest absolute Gasteiger partial charge is 0.395 e. The summed E-state index contributed by atoms with van der Waals surface area (Å²) in [6.07, 6.45) is 0. The minimum atomic E-state index is -4.94. The Morgan fingerprint density at radius 1 is 1.08 bits per heavy atom. The van der Waals surface area contributed by atoms with Crippen LogP contribution in [0.15, 0.2) is 0 Å². The highest BCUT2D eigenvalue weighted by Gasteiger charge is 2.53. The first-order valence-corrected chi connectivity index (χ1v) is 11.6. The molecular weight excluding hydrogens is 286 g/mol. The fourth-order valence-electron chi connectivity index (χ4n) is 0.225. The predicted octanol–water partition coefficient (Wildman–Crippen LogP) is 1.31. The van der Waals surface area contributed by atoms with Gasteiger partial charge in [0.2, 0.25) is 0 Å².